The van der Waals surface area contributed by atoms with E-state index in [2.05, 4.69) is 10.3 Å². The van der Waals surface area contributed by atoms with Crippen LogP contribution >= 0.6 is 11.6 Å². The SMILES string of the molecule is CC(Cl)c1ccc(C(=O)NCc2ccncc2)o1. The van der Waals surface area contributed by atoms with Crippen LogP contribution in [0.2, 0.25) is 0 Å². The lowest BCUT2D eigenvalue weighted by Crippen LogP contribution is -2.22. The Morgan fingerprint density at radius 1 is 1.39 bits per heavy atom. The van der Waals surface area contributed by atoms with Crippen molar-refractivity contribution < 1.29 is 9.21 Å². The van der Waals surface area contributed by atoms with E-state index in [9.17, 15) is 4.79 Å². The van der Waals surface area contributed by atoms with Crippen LogP contribution < -0.4 is 5.32 Å². The highest BCUT2D eigenvalue weighted by atomic mass is 35.5. The van der Waals surface area contributed by atoms with E-state index in [0.29, 0.717) is 12.3 Å². The predicted molar refractivity (Wildman–Crippen MR) is 68.4 cm³/mol. The molecule has 1 amide bonds. The van der Waals surface area contributed by atoms with Gasteiger partial charge in [-0.05, 0) is 36.8 Å². The molecular formula is C13H13ClN2O2. The van der Waals surface area contributed by atoms with E-state index in [1.807, 2.05) is 12.1 Å². The van der Waals surface area contributed by atoms with Gasteiger partial charge in [0.15, 0.2) is 5.76 Å². The smallest absolute Gasteiger partial charge is 0.287 e. The molecule has 0 aromatic carbocycles. The Morgan fingerprint density at radius 2 is 2.11 bits per heavy atom. The molecule has 2 aromatic rings. The van der Waals surface area contributed by atoms with Crippen molar-refractivity contribution in [3.8, 4) is 0 Å². The maximum absolute atomic E-state index is 11.8. The largest absolute Gasteiger partial charge is 0.454 e. The Kier molecular flexibility index (Phi) is 3.99. The number of hydrogen-bond donors (Lipinski definition) is 1. The van der Waals surface area contributed by atoms with E-state index < -0.39 is 0 Å². The fraction of sp³-hybridized carbons (Fsp3) is 0.231. The quantitative estimate of drug-likeness (QED) is 0.864. The first-order chi connectivity index (χ1) is 8.66. The van der Waals surface area contributed by atoms with Gasteiger partial charge in [-0.25, -0.2) is 0 Å². The van der Waals surface area contributed by atoms with Crippen LogP contribution in [0.15, 0.2) is 41.1 Å². The lowest BCUT2D eigenvalue weighted by molar-refractivity contribution is 0.0921. The van der Waals surface area contributed by atoms with Crippen LogP contribution in [0, 0.1) is 0 Å². The van der Waals surface area contributed by atoms with Crippen LogP contribution in [0.25, 0.3) is 0 Å². The van der Waals surface area contributed by atoms with Gasteiger partial charge in [-0.15, -0.1) is 11.6 Å². The minimum Gasteiger partial charge on any atom is -0.454 e. The second kappa shape index (κ2) is 5.69. The van der Waals surface area contributed by atoms with Crippen molar-refractivity contribution in [2.75, 3.05) is 0 Å². The van der Waals surface area contributed by atoms with Gasteiger partial charge in [0.1, 0.15) is 5.76 Å². The summed E-state index contributed by atoms with van der Waals surface area (Å²) in [5.41, 5.74) is 0.982. The molecule has 0 saturated heterocycles. The zero-order chi connectivity index (χ0) is 13.0. The monoisotopic (exact) mass is 264 g/mol. The number of nitrogens with zero attached hydrogens (tertiary/aromatic N) is 1. The van der Waals surface area contributed by atoms with E-state index in [-0.39, 0.29) is 17.0 Å². The average molecular weight is 265 g/mol. The minimum atomic E-state index is -0.254. The number of aromatic nitrogens is 1. The predicted octanol–water partition coefficient (Wildman–Crippen LogP) is 2.90. The number of rotatable bonds is 4. The van der Waals surface area contributed by atoms with Crippen LogP contribution in [-0.2, 0) is 6.54 Å². The van der Waals surface area contributed by atoms with Gasteiger partial charge in [-0.2, -0.15) is 0 Å². The van der Waals surface area contributed by atoms with Crippen LogP contribution in [0.3, 0.4) is 0 Å². The van der Waals surface area contributed by atoms with Crippen molar-refractivity contribution in [1.29, 1.82) is 0 Å². The summed E-state index contributed by atoms with van der Waals surface area (Å²) >= 11 is 5.86. The van der Waals surface area contributed by atoms with Gasteiger partial charge < -0.3 is 9.73 Å². The zero-order valence-electron chi connectivity index (χ0n) is 9.89. The van der Waals surface area contributed by atoms with Gasteiger partial charge in [0, 0.05) is 18.9 Å². The third-order valence-electron chi connectivity index (χ3n) is 2.45. The topological polar surface area (TPSA) is 55.1 Å². The highest BCUT2D eigenvalue weighted by Crippen LogP contribution is 2.21. The van der Waals surface area contributed by atoms with Crippen molar-refractivity contribution in [2.45, 2.75) is 18.8 Å². The fourth-order valence-electron chi connectivity index (χ4n) is 1.46. The van der Waals surface area contributed by atoms with Crippen molar-refractivity contribution in [1.82, 2.24) is 10.3 Å². The Hall–Kier alpha value is -1.81. The zero-order valence-corrected chi connectivity index (χ0v) is 10.6. The number of halogens is 1. The minimum absolute atomic E-state index is 0.244. The maximum Gasteiger partial charge on any atom is 0.287 e. The molecule has 2 heterocycles. The molecule has 2 rings (SSSR count). The average Bonchev–Trinajstić information content (AvgIpc) is 2.87. The second-order valence-electron chi connectivity index (χ2n) is 3.86. The number of pyridine rings is 1. The summed E-state index contributed by atoms with van der Waals surface area (Å²) in [5.74, 6) is 0.604. The van der Waals surface area contributed by atoms with Crippen LogP contribution in [0.5, 0.6) is 0 Å². The van der Waals surface area contributed by atoms with Gasteiger partial charge in [-0.1, -0.05) is 0 Å². The third kappa shape index (κ3) is 3.11. The molecule has 0 aliphatic heterocycles. The summed E-state index contributed by atoms with van der Waals surface area (Å²) in [5, 5.41) is 2.52. The summed E-state index contributed by atoms with van der Waals surface area (Å²) in [6.07, 6.45) is 3.36. The van der Waals surface area contributed by atoms with Gasteiger partial charge in [0.2, 0.25) is 0 Å². The molecule has 0 radical (unpaired) electrons. The van der Waals surface area contributed by atoms with E-state index >= 15 is 0 Å². The Labute approximate surface area is 110 Å². The summed E-state index contributed by atoms with van der Waals surface area (Å²) in [4.78, 5) is 15.7. The van der Waals surface area contributed by atoms with Crippen LogP contribution in [0.4, 0.5) is 0 Å². The number of carbonyl (C=O) groups excluding carboxylic acids is 1. The van der Waals surface area contributed by atoms with Crippen LogP contribution in [-0.4, -0.2) is 10.9 Å². The van der Waals surface area contributed by atoms with E-state index in [1.165, 1.54) is 0 Å². The number of hydrogen-bond acceptors (Lipinski definition) is 3. The number of amides is 1. The summed E-state index contributed by atoms with van der Waals surface area (Å²) < 4.78 is 5.34. The van der Waals surface area contributed by atoms with Crippen molar-refractivity contribution in [3.05, 3.63) is 53.7 Å². The van der Waals surface area contributed by atoms with Gasteiger partial charge in [-0.3, -0.25) is 9.78 Å². The number of alkyl halides is 1. The summed E-state index contributed by atoms with van der Waals surface area (Å²) in [7, 11) is 0. The maximum atomic E-state index is 11.8. The Bertz CT molecular complexity index is 523. The summed E-state index contributed by atoms with van der Waals surface area (Å²) in [6, 6.07) is 7.01. The highest BCUT2D eigenvalue weighted by Gasteiger charge is 2.13. The standard InChI is InChI=1S/C13H13ClN2O2/c1-9(14)11-2-3-12(18-11)13(17)16-8-10-4-6-15-7-5-10/h2-7,9H,8H2,1H3,(H,16,17). The van der Waals surface area contributed by atoms with E-state index in [0.717, 1.165) is 5.56 Å². The number of furan rings is 1. The molecule has 0 bridgehead atoms. The first kappa shape index (κ1) is 12.6. The third-order valence-corrected chi connectivity index (χ3v) is 2.66. The van der Waals surface area contributed by atoms with Crippen molar-refractivity contribution in [3.63, 3.8) is 0 Å². The first-order valence-electron chi connectivity index (χ1n) is 5.57. The molecule has 18 heavy (non-hydrogen) atoms. The van der Waals surface area contributed by atoms with Crippen LogP contribution in [0.1, 0.15) is 34.2 Å². The fourth-order valence-corrected chi connectivity index (χ4v) is 1.58. The Balaban J connectivity index is 1.95. The molecule has 1 N–H and O–H groups in total. The molecule has 4 nitrogen and oxygen atoms in total. The first-order valence-corrected chi connectivity index (χ1v) is 6.01. The van der Waals surface area contributed by atoms with E-state index in [1.54, 1.807) is 31.5 Å². The van der Waals surface area contributed by atoms with Gasteiger partial charge in [0.25, 0.3) is 5.91 Å². The van der Waals surface area contributed by atoms with Gasteiger partial charge in [0.05, 0.1) is 5.38 Å². The summed E-state index contributed by atoms with van der Waals surface area (Å²) in [6.45, 7) is 2.23. The second-order valence-corrected chi connectivity index (χ2v) is 4.51. The van der Waals surface area contributed by atoms with Crippen molar-refractivity contribution >= 4 is 17.5 Å². The molecule has 1 unspecified atom stereocenters. The molecule has 0 fully saturated rings. The molecule has 0 aliphatic rings. The molecule has 0 spiro atoms. The Morgan fingerprint density at radius 3 is 2.72 bits per heavy atom. The molecule has 0 saturated carbocycles. The molecule has 94 valence electrons. The lowest BCUT2D eigenvalue weighted by atomic mass is 10.2. The normalized spacial score (nSPS) is 12.1. The van der Waals surface area contributed by atoms with Gasteiger partial charge >= 0.3 is 0 Å². The molecular weight excluding hydrogens is 252 g/mol. The number of carbonyl (C=O) groups is 1. The molecule has 1 atom stereocenters. The molecule has 2 aromatic heterocycles. The number of nitrogens with one attached hydrogen (secondary N) is 1. The molecule has 5 heteroatoms. The van der Waals surface area contributed by atoms with E-state index in [4.69, 9.17) is 16.0 Å². The highest BCUT2D eigenvalue weighted by molar-refractivity contribution is 6.20. The lowest BCUT2D eigenvalue weighted by Gasteiger charge is -2.03. The van der Waals surface area contributed by atoms with Crippen molar-refractivity contribution in [2.24, 2.45) is 0 Å². The molecule has 0 aliphatic carbocycles.